The number of unbranched alkanes of at least 4 members (excludes halogenated alkanes) is 1. The average molecular weight is 256 g/mol. The van der Waals surface area contributed by atoms with Gasteiger partial charge in [0, 0.05) is 6.42 Å². The maximum atomic E-state index is 10.8. The molecule has 4 heteroatoms. The van der Waals surface area contributed by atoms with E-state index in [1.807, 2.05) is 13.0 Å². The highest BCUT2D eigenvalue weighted by Crippen LogP contribution is 2.38. The molecule has 0 spiro atoms. The molecule has 0 aliphatic carbocycles. The van der Waals surface area contributed by atoms with Crippen molar-refractivity contribution in [1.82, 2.24) is 0 Å². The Hall–Kier alpha value is -0.870. The van der Waals surface area contributed by atoms with Crippen molar-refractivity contribution >= 4 is 5.97 Å². The van der Waals surface area contributed by atoms with Crippen LogP contribution in [0.25, 0.3) is 0 Å². The summed E-state index contributed by atoms with van der Waals surface area (Å²) in [7, 11) is 0. The van der Waals surface area contributed by atoms with Crippen molar-refractivity contribution in [3.05, 3.63) is 11.6 Å². The van der Waals surface area contributed by atoms with E-state index in [1.54, 1.807) is 0 Å². The van der Waals surface area contributed by atoms with Crippen LogP contribution in [0, 0.1) is 0 Å². The maximum absolute atomic E-state index is 10.8. The zero-order valence-corrected chi connectivity index (χ0v) is 11.6. The SMILES string of the molecule is CC=C1C[C@](CC)(CCCC)OO[C@H]1CC(=O)O. The Morgan fingerprint density at radius 2 is 2.28 bits per heavy atom. The predicted octanol–water partition coefficient (Wildman–Crippen LogP) is 3.47. The van der Waals surface area contributed by atoms with Crippen molar-refractivity contribution in [3.8, 4) is 0 Å². The summed E-state index contributed by atoms with van der Waals surface area (Å²) in [5, 5.41) is 8.84. The molecule has 0 aromatic rings. The molecule has 0 aromatic carbocycles. The number of aliphatic carboxylic acids is 1. The van der Waals surface area contributed by atoms with Crippen molar-refractivity contribution in [2.45, 2.75) is 71.0 Å². The Kier molecular flexibility index (Phi) is 5.82. The predicted molar refractivity (Wildman–Crippen MR) is 69.1 cm³/mol. The molecule has 2 atom stereocenters. The fourth-order valence-corrected chi connectivity index (χ4v) is 2.34. The number of hydrogen-bond donors (Lipinski definition) is 1. The van der Waals surface area contributed by atoms with Crippen LogP contribution in [-0.4, -0.2) is 22.8 Å². The number of allylic oxidation sites excluding steroid dienone is 1. The lowest BCUT2D eigenvalue weighted by molar-refractivity contribution is -0.397. The van der Waals surface area contributed by atoms with Gasteiger partial charge in [0.15, 0.2) is 0 Å². The van der Waals surface area contributed by atoms with Gasteiger partial charge in [-0.1, -0.05) is 32.8 Å². The molecule has 1 aliphatic heterocycles. The topological polar surface area (TPSA) is 55.8 Å². The molecule has 1 saturated heterocycles. The molecule has 1 heterocycles. The summed E-state index contributed by atoms with van der Waals surface area (Å²) in [6.07, 6.45) is 6.32. The minimum absolute atomic E-state index is 0.0345. The van der Waals surface area contributed by atoms with Crippen molar-refractivity contribution in [2.75, 3.05) is 0 Å². The molecule has 0 aromatic heterocycles. The second kappa shape index (κ2) is 6.90. The smallest absolute Gasteiger partial charge is 0.306 e. The van der Waals surface area contributed by atoms with Gasteiger partial charge in [-0.3, -0.25) is 4.79 Å². The molecule has 18 heavy (non-hydrogen) atoms. The van der Waals surface area contributed by atoms with E-state index in [0.29, 0.717) is 0 Å². The van der Waals surface area contributed by atoms with Crippen LogP contribution in [0.4, 0.5) is 0 Å². The zero-order valence-electron chi connectivity index (χ0n) is 11.6. The van der Waals surface area contributed by atoms with E-state index < -0.39 is 12.1 Å². The Bertz CT molecular complexity index is 311. The fourth-order valence-electron chi connectivity index (χ4n) is 2.34. The van der Waals surface area contributed by atoms with Crippen LogP contribution in [0.2, 0.25) is 0 Å². The lowest BCUT2D eigenvalue weighted by atomic mass is 9.84. The lowest BCUT2D eigenvalue weighted by Gasteiger charge is -2.39. The largest absolute Gasteiger partial charge is 0.481 e. The molecule has 1 aliphatic rings. The van der Waals surface area contributed by atoms with Crippen LogP contribution in [-0.2, 0) is 14.6 Å². The number of carboxylic acid groups (broad SMARTS) is 1. The third kappa shape index (κ3) is 3.82. The van der Waals surface area contributed by atoms with Crippen molar-refractivity contribution in [2.24, 2.45) is 0 Å². The van der Waals surface area contributed by atoms with E-state index in [9.17, 15) is 4.79 Å². The summed E-state index contributed by atoms with van der Waals surface area (Å²) in [5.74, 6) is -0.861. The van der Waals surface area contributed by atoms with Crippen LogP contribution >= 0.6 is 0 Å². The lowest BCUT2D eigenvalue weighted by Crippen LogP contribution is -2.41. The first-order chi connectivity index (χ1) is 8.56. The molecule has 0 bridgehead atoms. The van der Waals surface area contributed by atoms with Gasteiger partial charge < -0.3 is 5.11 Å². The van der Waals surface area contributed by atoms with E-state index in [4.69, 9.17) is 14.9 Å². The van der Waals surface area contributed by atoms with Crippen LogP contribution in [0.3, 0.4) is 0 Å². The quantitative estimate of drug-likeness (QED) is 0.584. The average Bonchev–Trinajstić information content (AvgIpc) is 2.37. The minimum Gasteiger partial charge on any atom is -0.481 e. The molecular weight excluding hydrogens is 232 g/mol. The van der Waals surface area contributed by atoms with Gasteiger partial charge in [-0.2, -0.15) is 0 Å². The number of carbonyl (C=O) groups is 1. The van der Waals surface area contributed by atoms with Gasteiger partial charge in [0.05, 0.1) is 6.42 Å². The molecule has 1 rings (SSSR count). The van der Waals surface area contributed by atoms with Crippen LogP contribution in [0.15, 0.2) is 11.6 Å². The first kappa shape index (κ1) is 15.2. The van der Waals surface area contributed by atoms with Crippen molar-refractivity contribution in [1.29, 1.82) is 0 Å². The second-order valence-corrected chi connectivity index (χ2v) is 4.95. The Labute approximate surface area is 109 Å². The third-order valence-electron chi connectivity index (χ3n) is 3.64. The number of rotatable bonds is 6. The van der Waals surface area contributed by atoms with Crippen LogP contribution < -0.4 is 0 Å². The van der Waals surface area contributed by atoms with Gasteiger partial charge in [0.1, 0.15) is 11.7 Å². The summed E-state index contributed by atoms with van der Waals surface area (Å²) in [4.78, 5) is 21.7. The first-order valence-corrected chi connectivity index (χ1v) is 6.78. The summed E-state index contributed by atoms with van der Waals surface area (Å²) in [6, 6.07) is 0. The highest BCUT2D eigenvalue weighted by atomic mass is 17.2. The molecule has 104 valence electrons. The highest BCUT2D eigenvalue weighted by Gasteiger charge is 2.39. The van der Waals surface area contributed by atoms with Crippen LogP contribution in [0.1, 0.15) is 59.3 Å². The van der Waals surface area contributed by atoms with Gasteiger partial charge >= 0.3 is 5.97 Å². The first-order valence-electron chi connectivity index (χ1n) is 6.78. The molecule has 0 saturated carbocycles. The molecule has 1 N–H and O–H groups in total. The van der Waals surface area contributed by atoms with E-state index in [1.165, 1.54) is 0 Å². The third-order valence-corrected chi connectivity index (χ3v) is 3.64. The Morgan fingerprint density at radius 1 is 1.56 bits per heavy atom. The standard InChI is InChI=1S/C14H24O4/c1-4-7-8-14(6-3)10-11(5-2)12(17-18-14)9-13(15)16/h5,12H,4,6-10H2,1-3H3,(H,15,16)/t12-,14-/m0/s1. The fraction of sp³-hybridized carbons (Fsp3) is 0.786. The molecule has 1 fully saturated rings. The van der Waals surface area contributed by atoms with E-state index >= 15 is 0 Å². The van der Waals surface area contributed by atoms with Gasteiger partial charge in [0.25, 0.3) is 0 Å². The Morgan fingerprint density at radius 3 is 2.78 bits per heavy atom. The number of carboxylic acids is 1. The molecular formula is C14H24O4. The maximum Gasteiger partial charge on any atom is 0.306 e. The molecule has 4 nitrogen and oxygen atoms in total. The minimum atomic E-state index is -0.861. The molecule has 0 unspecified atom stereocenters. The zero-order chi connectivity index (χ0) is 13.6. The van der Waals surface area contributed by atoms with E-state index in [-0.39, 0.29) is 12.0 Å². The molecule has 0 amide bonds. The van der Waals surface area contributed by atoms with Gasteiger partial charge in [-0.25, -0.2) is 9.78 Å². The van der Waals surface area contributed by atoms with Gasteiger partial charge in [0.2, 0.25) is 0 Å². The normalized spacial score (nSPS) is 30.6. The second-order valence-electron chi connectivity index (χ2n) is 4.95. The summed E-state index contributed by atoms with van der Waals surface area (Å²) >= 11 is 0. The van der Waals surface area contributed by atoms with Gasteiger partial charge in [-0.05, 0) is 25.3 Å². The monoisotopic (exact) mass is 256 g/mol. The number of hydrogen-bond acceptors (Lipinski definition) is 3. The van der Waals surface area contributed by atoms with Crippen molar-refractivity contribution in [3.63, 3.8) is 0 Å². The highest BCUT2D eigenvalue weighted by molar-refractivity contribution is 5.68. The van der Waals surface area contributed by atoms with Crippen LogP contribution in [0.5, 0.6) is 0 Å². The van der Waals surface area contributed by atoms with E-state index in [2.05, 4.69) is 13.8 Å². The van der Waals surface area contributed by atoms with E-state index in [0.717, 1.165) is 37.7 Å². The summed E-state index contributed by atoms with van der Waals surface area (Å²) < 4.78 is 0. The molecule has 0 radical (unpaired) electrons. The van der Waals surface area contributed by atoms with Crippen molar-refractivity contribution < 1.29 is 19.7 Å². The summed E-state index contributed by atoms with van der Waals surface area (Å²) in [5.41, 5.74) is 0.772. The summed E-state index contributed by atoms with van der Waals surface area (Å²) in [6.45, 7) is 6.17. The van der Waals surface area contributed by atoms with Gasteiger partial charge in [-0.15, -0.1) is 0 Å². The Balaban J connectivity index is 2.72.